The van der Waals surface area contributed by atoms with E-state index in [4.69, 9.17) is 32.7 Å². The second-order valence-corrected chi connectivity index (χ2v) is 14.6. The number of rotatable bonds is 13. The van der Waals surface area contributed by atoms with Crippen LogP contribution in [0.1, 0.15) is 79.7 Å². The SMILES string of the molecule is COc1nc(O[C@H]2CCc3c(-c4cccc(-c5ccc(CNC[C@@H]6CCC(=O)C6)cc5)c4Cl)cccc32)c(Cl)cc1CCC[C@@H]1CCC(=O)N1. The first kappa shape index (κ1) is 34.5. The van der Waals surface area contributed by atoms with Gasteiger partial charge in [-0.2, -0.15) is 4.98 Å². The summed E-state index contributed by atoms with van der Waals surface area (Å²) in [5.41, 5.74) is 8.64. The summed E-state index contributed by atoms with van der Waals surface area (Å²) in [5.74, 6) is 1.87. The highest BCUT2D eigenvalue weighted by Gasteiger charge is 2.29. The maximum Gasteiger partial charge on any atom is 0.236 e. The van der Waals surface area contributed by atoms with Crippen molar-refractivity contribution < 1.29 is 19.1 Å². The number of benzene rings is 3. The fourth-order valence-electron chi connectivity index (χ4n) is 7.74. The Morgan fingerprint density at radius 3 is 2.46 bits per heavy atom. The molecule has 0 unspecified atom stereocenters. The third-order valence-electron chi connectivity index (χ3n) is 10.4. The number of aromatic nitrogens is 1. The van der Waals surface area contributed by atoms with Crippen LogP contribution in [0.15, 0.2) is 66.7 Å². The van der Waals surface area contributed by atoms with Gasteiger partial charge < -0.3 is 20.1 Å². The minimum absolute atomic E-state index is 0.136. The van der Waals surface area contributed by atoms with E-state index in [1.807, 2.05) is 6.07 Å². The van der Waals surface area contributed by atoms with Crippen LogP contribution in [0.2, 0.25) is 10.0 Å². The molecule has 0 bridgehead atoms. The molecule has 2 N–H and O–H groups in total. The number of nitrogens with one attached hydrogen (secondary N) is 2. The summed E-state index contributed by atoms with van der Waals surface area (Å²) >= 11 is 13.9. The van der Waals surface area contributed by atoms with Gasteiger partial charge in [0.05, 0.1) is 12.1 Å². The van der Waals surface area contributed by atoms with Gasteiger partial charge in [0.1, 0.15) is 16.9 Å². The fourth-order valence-corrected chi connectivity index (χ4v) is 8.30. The zero-order chi connectivity index (χ0) is 34.6. The van der Waals surface area contributed by atoms with Crippen LogP contribution in [-0.4, -0.2) is 36.4 Å². The minimum atomic E-state index is -0.200. The monoisotopic (exact) mass is 711 g/mol. The molecule has 2 heterocycles. The van der Waals surface area contributed by atoms with E-state index in [0.717, 1.165) is 103 Å². The number of nitrogens with zero attached hydrogens (tertiary/aromatic N) is 1. The Kier molecular flexibility index (Phi) is 10.7. The maximum absolute atomic E-state index is 11.6. The van der Waals surface area contributed by atoms with Gasteiger partial charge in [0.2, 0.25) is 17.7 Å². The molecular weight excluding hydrogens is 669 g/mol. The first-order valence-corrected chi connectivity index (χ1v) is 18.5. The molecule has 3 aliphatic rings. The lowest BCUT2D eigenvalue weighted by atomic mass is 9.93. The van der Waals surface area contributed by atoms with Gasteiger partial charge in [-0.15, -0.1) is 0 Å². The first-order chi connectivity index (χ1) is 24.4. The van der Waals surface area contributed by atoms with E-state index in [1.165, 1.54) is 11.1 Å². The van der Waals surface area contributed by atoms with E-state index < -0.39 is 0 Å². The van der Waals surface area contributed by atoms with Crippen molar-refractivity contribution in [3.63, 3.8) is 0 Å². The predicted octanol–water partition coefficient (Wildman–Crippen LogP) is 8.86. The quantitative estimate of drug-likeness (QED) is 0.144. The number of halogens is 2. The molecule has 2 aliphatic carbocycles. The van der Waals surface area contributed by atoms with Crippen LogP contribution in [0.4, 0.5) is 0 Å². The molecule has 0 radical (unpaired) electrons. The van der Waals surface area contributed by atoms with E-state index in [1.54, 1.807) is 7.11 Å². The number of ether oxygens (including phenoxy) is 2. The number of Topliss-reactive ketones (excluding diaryl/α,β-unsaturated/α-hetero) is 1. The number of hydrogen-bond acceptors (Lipinski definition) is 6. The molecule has 1 saturated heterocycles. The van der Waals surface area contributed by atoms with Crippen LogP contribution < -0.4 is 20.1 Å². The summed E-state index contributed by atoms with van der Waals surface area (Å²) < 4.78 is 12.1. The second-order valence-electron chi connectivity index (χ2n) is 13.8. The van der Waals surface area contributed by atoms with Gasteiger partial charge in [-0.25, -0.2) is 0 Å². The van der Waals surface area contributed by atoms with E-state index in [2.05, 4.69) is 76.3 Å². The molecule has 50 heavy (non-hydrogen) atoms. The van der Waals surface area contributed by atoms with Crippen LogP contribution in [0, 0.1) is 5.92 Å². The lowest BCUT2D eigenvalue weighted by Gasteiger charge is -2.18. The van der Waals surface area contributed by atoms with Crippen molar-refractivity contribution in [1.82, 2.24) is 15.6 Å². The molecule has 1 aromatic heterocycles. The Bertz CT molecular complexity index is 1880. The molecule has 1 saturated carbocycles. The Balaban J connectivity index is 1.03. The topological polar surface area (TPSA) is 89.6 Å². The van der Waals surface area contributed by atoms with E-state index in [0.29, 0.717) is 41.3 Å². The standard InChI is InChI=1S/C41H43Cl2N3O4/c1-49-40-28(5-2-6-29-16-20-38(48)45-29)22-36(42)41(46-40)50-37-19-18-33-32(8-4-9-34(33)37)35-10-3-7-31(39(35)43)27-14-11-25(12-15-27)23-44-24-26-13-17-30(47)21-26/h3-4,7-12,14-15,22,26,29,37,44H,2,5-6,13,16-21,23-24H2,1H3,(H,45,48)/t26-,29-,37+/m1/s1. The van der Waals surface area contributed by atoms with Crippen LogP contribution >= 0.6 is 23.2 Å². The highest BCUT2D eigenvalue weighted by molar-refractivity contribution is 6.36. The minimum Gasteiger partial charge on any atom is -0.481 e. The summed E-state index contributed by atoms with van der Waals surface area (Å²) in [6, 6.07) is 23.2. The van der Waals surface area contributed by atoms with Gasteiger partial charge in [-0.1, -0.05) is 83.9 Å². The van der Waals surface area contributed by atoms with Crippen molar-refractivity contribution in [1.29, 1.82) is 0 Å². The number of pyridine rings is 1. The highest BCUT2D eigenvalue weighted by atomic mass is 35.5. The van der Waals surface area contributed by atoms with Gasteiger partial charge >= 0.3 is 0 Å². The molecule has 3 atom stereocenters. The van der Waals surface area contributed by atoms with Crippen molar-refractivity contribution in [2.24, 2.45) is 5.92 Å². The molecule has 7 nitrogen and oxygen atoms in total. The lowest BCUT2D eigenvalue weighted by Crippen LogP contribution is -2.25. The maximum atomic E-state index is 11.6. The van der Waals surface area contributed by atoms with Crippen LogP contribution in [0.3, 0.4) is 0 Å². The van der Waals surface area contributed by atoms with Crippen molar-refractivity contribution in [3.8, 4) is 34.0 Å². The molecule has 7 rings (SSSR count). The number of carbonyl (C=O) groups is 2. The molecule has 3 aromatic carbocycles. The average Bonchev–Trinajstić information content (AvgIpc) is 3.86. The summed E-state index contributed by atoms with van der Waals surface area (Å²) in [4.78, 5) is 27.8. The largest absolute Gasteiger partial charge is 0.481 e. The summed E-state index contributed by atoms with van der Waals surface area (Å²) in [6.45, 7) is 1.65. The Hall–Kier alpha value is -3.91. The predicted molar refractivity (Wildman–Crippen MR) is 198 cm³/mol. The molecule has 0 spiro atoms. The third kappa shape index (κ3) is 7.70. The number of aryl methyl sites for hydroxylation is 1. The summed E-state index contributed by atoms with van der Waals surface area (Å²) in [5, 5.41) is 7.74. The molecule has 9 heteroatoms. The number of methoxy groups -OCH3 is 1. The van der Waals surface area contributed by atoms with E-state index in [9.17, 15) is 9.59 Å². The number of carbonyl (C=O) groups excluding carboxylic acids is 2. The second kappa shape index (κ2) is 15.5. The van der Waals surface area contributed by atoms with Crippen molar-refractivity contribution in [2.45, 2.75) is 82.9 Å². The highest BCUT2D eigenvalue weighted by Crippen LogP contribution is 2.44. The van der Waals surface area contributed by atoms with Crippen molar-refractivity contribution >= 4 is 34.9 Å². The lowest BCUT2D eigenvalue weighted by molar-refractivity contribution is -0.119. The summed E-state index contributed by atoms with van der Waals surface area (Å²) in [6.07, 6.45) is 7.94. The first-order valence-electron chi connectivity index (χ1n) is 17.8. The smallest absolute Gasteiger partial charge is 0.236 e. The van der Waals surface area contributed by atoms with Gasteiger partial charge in [-0.3, -0.25) is 9.59 Å². The number of ketones is 1. The zero-order valence-electron chi connectivity index (χ0n) is 28.4. The van der Waals surface area contributed by atoms with Crippen LogP contribution in [-0.2, 0) is 29.0 Å². The van der Waals surface area contributed by atoms with Gasteiger partial charge in [0, 0.05) is 48.5 Å². The molecule has 1 amide bonds. The van der Waals surface area contributed by atoms with Crippen molar-refractivity contribution in [3.05, 3.63) is 99.0 Å². The number of fused-ring (bicyclic) bond motifs is 1. The third-order valence-corrected chi connectivity index (χ3v) is 11.1. The van der Waals surface area contributed by atoms with E-state index in [-0.39, 0.29) is 18.1 Å². The zero-order valence-corrected chi connectivity index (χ0v) is 29.9. The molecule has 260 valence electrons. The fraction of sp³-hybridized carbons (Fsp3) is 0.390. The molecule has 1 aliphatic heterocycles. The molecule has 4 aromatic rings. The normalized spacial score (nSPS) is 19.9. The van der Waals surface area contributed by atoms with Gasteiger partial charge in [0.25, 0.3) is 0 Å². The molecular formula is C41H43Cl2N3O4. The molecule has 2 fully saturated rings. The van der Waals surface area contributed by atoms with Gasteiger partial charge in [-0.05, 0) is 91.3 Å². The van der Waals surface area contributed by atoms with Crippen molar-refractivity contribution in [2.75, 3.05) is 13.7 Å². The average molecular weight is 713 g/mol. The number of amides is 1. The van der Waals surface area contributed by atoms with Crippen LogP contribution in [0.25, 0.3) is 22.3 Å². The Morgan fingerprint density at radius 1 is 0.900 bits per heavy atom. The number of hydrogen-bond donors (Lipinski definition) is 2. The van der Waals surface area contributed by atoms with E-state index >= 15 is 0 Å². The van der Waals surface area contributed by atoms with Gasteiger partial charge in [0.15, 0.2) is 0 Å². The Morgan fingerprint density at radius 2 is 1.70 bits per heavy atom. The Labute approximate surface area is 304 Å². The van der Waals surface area contributed by atoms with Crippen LogP contribution in [0.5, 0.6) is 11.8 Å². The summed E-state index contributed by atoms with van der Waals surface area (Å²) in [7, 11) is 1.62.